The summed E-state index contributed by atoms with van der Waals surface area (Å²) in [4.78, 5) is 16.5. The summed E-state index contributed by atoms with van der Waals surface area (Å²) in [6, 6.07) is 11.9. The van der Waals surface area contributed by atoms with Gasteiger partial charge in [0.1, 0.15) is 17.9 Å². The molecule has 0 unspecified atom stereocenters. The number of likely N-dealkylation sites (N-methyl/N-ethyl adjacent to an activating group) is 1. The predicted octanol–water partition coefficient (Wildman–Crippen LogP) is 6.13. The molecule has 0 aliphatic carbocycles. The lowest BCUT2D eigenvalue weighted by atomic mass is 10.0. The number of benzene rings is 2. The maximum absolute atomic E-state index is 12.8. The normalized spacial score (nSPS) is 17.3. The molecule has 9 nitrogen and oxygen atoms in total. The molecule has 2 aliphatic rings. The molecule has 0 radical (unpaired) electrons. The number of ether oxygens (including phenoxy) is 1. The zero-order valence-corrected chi connectivity index (χ0v) is 27.1. The number of anilines is 5. The standard InChI is InChI=1S/C30H40Cl2N7O2P/c1-5-37-14-16-38(17-15-37)21-10-12-39(13-11-21)26-19-27(41-2)25(18-22(26)31)35-30-33-20-23(32)29(36-30)34-24-8-6-7-9-28(24)42(3,4)40/h6-9,18-21H,5,10-17H2,1-4H3,(H2,33,34,35,36). The van der Waals surface area contributed by atoms with Gasteiger partial charge in [0.2, 0.25) is 5.95 Å². The van der Waals surface area contributed by atoms with Gasteiger partial charge in [-0.1, -0.05) is 42.3 Å². The zero-order chi connectivity index (χ0) is 29.9. The molecule has 3 aromatic rings. The summed E-state index contributed by atoms with van der Waals surface area (Å²) in [5.41, 5.74) is 2.30. The van der Waals surface area contributed by atoms with Crippen molar-refractivity contribution in [1.82, 2.24) is 19.8 Å². The number of piperidine rings is 1. The summed E-state index contributed by atoms with van der Waals surface area (Å²) in [6.45, 7) is 13.4. The van der Waals surface area contributed by atoms with Crippen molar-refractivity contribution in [2.75, 3.05) is 81.8 Å². The fraction of sp³-hybridized carbons (Fsp3) is 0.467. The van der Waals surface area contributed by atoms with E-state index < -0.39 is 7.14 Å². The van der Waals surface area contributed by atoms with Crippen LogP contribution in [0.25, 0.3) is 0 Å². The van der Waals surface area contributed by atoms with Crippen molar-refractivity contribution >= 4 is 64.5 Å². The van der Waals surface area contributed by atoms with Crippen LogP contribution in [0.4, 0.5) is 28.8 Å². The number of methoxy groups -OCH3 is 1. The second-order valence-corrected chi connectivity index (χ2v) is 15.2. The number of para-hydroxylation sites is 1. The second-order valence-electron chi connectivity index (χ2n) is 11.2. The van der Waals surface area contributed by atoms with Crippen molar-refractivity contribution in [2.45, 2.75) is 25.8 Å². The molecule has 12 heteroatoms. The third kappa shape index (κ3) is 7.14. The van der Waals surface area contributed by atoms with Crippen LogP contribution in [0.5, 0.6) is 5.75 Å². The van der Waals surface area contributed by atoms with Gasteiger partial charge in [0.05, 0.1) is 35.4 Å². The van der Waals surface area contributed by atoms with Gasteiger partial charge in [0.15, 0.2) is 5.82 Å². The van der Waals surface area contributed by atoms with Crippen LogP contribution in [0, 0.1) is 0 Å². The summed E-state index contributed by atoms with van der Waals surface area (Å²) >= 11 is 13.3. The van der Waals surface area contributed by atoms with E-state index in [0.717, 1.165) is 69.6 Å². The first-order valence-corrected chi connectivity index (χ1v) is 17.8. The van der Waals surface area contributed by atoms with Gasteiger partial charge in [-0.2, -0.15) is 4.98 Å². The second kappa shape index (κ2) is 13.4. The lowest BCUT2D eigenvalue weighted by Gasteiger charge is -2.43. The Kier molecular flexibility index (Phi) is 9.85. The monoisotopic (exact) mass is 631 g/mol. The summed E-state index contributed by atoms with van der Waals surface area (Å²) < 4.78 is 18.6. The minimum absolute atomic E-state index is 0.321. The van der Waals surface area contributed by atoms with Gasteiger partial charge in [-0.05, 0) is 50.9 Å². The number of hydrogen-bond acceptors (Lipinski definition) is 9. The van der Waals surface area contributed by atoms with E-state index in [1.54, 1.807) is 20.4 Å². The molecule has 0 spiro atoms. The van der Waals surface area contributed by atoms with Crippen LogP contribution < -0.4 is 25.6 Å². The van der Waals surface area contributed by atoms with E-state index in [1.807, 2.05) is 36.4 Å². The van der Waals surface area contributed by atoms with E-state index >= 15 is 0 Å². The number of halogens is 2. The molecule has 0 saturated carbocycles. The van der Waals surface area contributed by atoms with Crippen LogP contribution in [0.2, 0.25) is 10.0 Å². The van der Waals surface area contributed by atoms with Crippen LogP contribution in [0.1, 0.15) is 19.8 Å². The average molecular weight is 633 g/mol. The molecule has 2 fully saturated rings. The van der Waals surface area contributed by atoms with Gasteiger partial charge in [0.25, 0.3) is 0 Å². The molecule has 2 saturated heterocycles. The van der Waals surface area contributed by atoms with Crippen molar-refractivity contribution in [3.63, 3.8) is 0 Å². The minimum Gasteiger partial charge on any atom is -0.494 e. The van der Waals surface area contributed by atoms with Crippen molar-refractivity contribution in [3.8, 4) is 5.75 Å². The Morgan fingerprint density at radius 2 is 1.69 bits per heavy atom. The van der Waals surface area contributed by atoms with Crippen molar-refractivity contribution < 1.29 is 9.30 Å². The SMILES string of the molecule is CCN1CCN(C2CCN(c3cc(OC)c(Nc4ncc(Cl)c(Nc5ccccc5P(C)(C)=O)n4)cc3Cl)CC2)CC1. The Hall–Kier alpha value is -2.55. The maximum atomic E-state index is 12.8. The highest BCUT2D eigenvalue weighted by atomic mass is 35.5. The van der Waals surface area contributed by atoms with E-state index in [-0.39, 0.29) is 0 Å². The highest BCUT2D eigenvalue weighted by Crippen LogP contribution is 2.40. The van der Waals surface area contributed by atoms with Gasteiger partial charge in [-0.15, -0.1) is 0 Å². The number of piperazine rings is 1. The van der Waals surface area contributed by atoms with Gasteiger partial charge >= 0.3 is 0 Å². The summed E-state index contributed by atoms with van der Waals surface area (Å²) in [7, 11) is -0.886. The van der Waals surface area contributed by atoms with Gasteiger partial charge in [-0.3, -0.25) is 4.90 Å². The molecule has 2 N–H and O–H groups in total. The first kappa shape index (κ1) is 30.9. The Labute approximate surface area is 258 Å². The molecule has 5 rings (SSSR count). The summed E-state index contributed by atoms with van der Waals surface area (Å²) in [5.74, 6) is 1.36. The number of nitrogens with zero attached hydrogens (tertiary/aromatic N) is 5. The van der Waals surface area contributed by atoms with Crippen LogP contribution in [-0.4, -0.2) is 92.1 Å². The Morgan fingerprint density at radius 1 is 0.976 bits per heavy atom. The first-order chi connectivity index (χ1) is 20.2. The number of aromatic nitrogens is 2. The molecular weight excluding hydrogens is 592 g/mol. The van der Waals surface area contributed by atoms with Crippen molar-refractivity contribution in [1.29, 1.82) is 0 Å². The fourth-order valence-corrected chi connectivity index (χ4v) is 7.36. The molecule has 42 heavy (non-hydrogen) atoms. The minimum atomic E-state index is -2.53. The average Bonchev–Trinajstić information content (AvgIpc) is 2.99. The zero-order valence-electron chi connectivity index (χ0n) is 24.7. The third-order valence-corrected chi connectivity index (χ3v) is 10.3. The highest BCUT2D eigenvalue weighted by Gasteiger charge is 2.28. The molecule has 3 heterocycles. The van der Waals surface area contributed by atoms with E-state index in [1.165, 1.54) is 6.20 Å². The van der Waals surface area contributed by atoms with Gasteiger partial charge in [-0.25, -0.2) is 4.98 Å². The molecule has 1 aromatic heterocycles. The molecule has 0 amide bonds. The molecule has 2 aliphatic heterocycles. The third-order valence-electron chi connectivity index (χ3n) is 8.17. The van der Waals surface area contributed by atoms with Crippen LogP contribution >= 0.6 is 30.3 Å². The van der Waals surface area contributed by atoms with Crippen LogP contribution in [0.15, 0.2) is 42.6 Å². The largest absolute Gasteiger partial charge is 0.494 e. The highest BCUT2D eigenvalue weighted by molar-refractivity contribution is 7.70. The van der Waals surface area contributed by atoms with E-state index in [4.69, 9.17) is 27.9 Å². The fourth-order valence-electron chi connectivity index (χ4n) is 5.78. The number of nitrogens with one attached hydrogen (secondary N) is 2. The van der Waals surface area contributed by atoms with E-state index in [9.17, 15) is 4.57 Å². The first-order valence-electron chi connectivity index (χ1n) is 14.5. The quantitative estimate of drug-likeness (QED) is 0.271. The topological polar surface area (TPSA) is 85.9 Å². The Bertz CT molecular complexity index is 1440. The molecule has 2 aromatic carbocycles. The lowest BCUT2D eigenvalue weighted by molar-refractivity contribution is 0.0878. The van der Waals surface area contributed by atoms with E-state index in [2.05, 4.69) is 42.2 Å². The Morgan fingerprint density at radius 3 is 2.36 bits per heavy atom. The maximum Gasteiger partial charge on any atom is 0.229 e. The summed E-state index contributed by atoms with van der Waals surface area (Å²) in [6.07, 6.45) is 3.76. The van der Waals surface area contributed by atoms with Crippen LogP contribution in [0.3, 0.4) is 0 Å². The molecule has 226 valence electrons. The van der Waals surface area contributed by atoms with Gasteiger partial charge in [0, 0.05) is 56.7 Å². The van der Waals surface area contributed by atoms with Crippen molar-refractivity contribution in [3.05, 3.63) is 52.6 Å². The lowest BCUT2D eigenvalue weighted by Crippen LogP contribution is -2.53. The van der Waals surface area contributed by atoms with Gasteiger partial charge < -0.3 is 29.7 Å². The summed E-state index contributed by atoms with van der Waals surface area (Å²) in [5, 5.41) is 8.17. The van der Waals surface area contributed by atoms with E-state index in [0.29, 0.717) is 45.0 Å². The predicted molar refractivity (Wildman–Crippen MR) is 176 cm³/mol. The number of rotatable bonds is 9. The Balaban J connectivity index is 1.29. The molecular formula is C30H40Cl2N7O2P. The molecule has 0 bridgehead atoms. The van der Waals surface area contributed by atoms with Crippen LogP contribution in [-0.2, 0) is 4.57 Å². The van der Waals surface area contributed by atoms with Crippen molar-refractivity contribution in [2.24, 2.45) is 0 Å². The smallest absolute Gasteiger partial charge is 0.229 e. The number of hydrogen-bond donors (Lipinski definition) is 2. The molecule has 0 atom stereocenters.